The Labute approximate surface area is 149 Å². The molecule has 6 nitrogen and oxygen atoms in total. The van der Waals surface area contributed by atoms with Gasteiger partial charge >= 0.3 is 0 Å². The van der Waals surface area contributed by atoms with Crippen LogP contribution in [-0.4, -0.2) is 58.3 Å². The molecular weight excluding hydrogens is 320 g/mol. The summed E-state index contributed by atoms with van der Waals surface area (Å²) in [5.74, 6) is 1.55. The van der Waals surface area contributed by atoms with Crippen LogP contribution in [0.15, 0.2) is 18.2 Å². The third-order valence-corrected chi connectivity index (χ3v) is 4.29. The Morgan fingerprint density at radius 2 is 1.72 bits per heavy atom. The van der Waals surface area contributed by atoms with E-state index in [2.05, 4.69) is 10.2 Å². The molecule has 1 aromatic carbocycles. The van der Waals surface area contributed by atoms with Crippen molar-refractivity contribution in [3.8, 4) is 17.2 Å². The number of likely N-dealkylation sites (tertiary alicyclic amines) is 1. The van der Waals surface area contributed by atoms with E-state index in [4.69, 9.17) is 14.2 Å². The second-order valence-electron chi connectivity index (χ2n) is 5.99. The molecule has 0 saturated carbocycles. The Bertz CT molecular complexity index is 570. The number of hydrogen-bond acceptors (Lipinski definition) is 5. The Hall–Kier alpha value is -2.21. The van der Waals surface area contributed by atoms with Crippen molar-refractivity contribution < 1.29 is 19.0 Å². The maximum Gasteiger partial charge on any atom is 0.244 e. The van der Waals surface area contributed by atoms with Crippen LogP contribution in [0.5, 0.6) is 17.2 Å². The highest BCUT2D eigenvalue weighted by Gasteiger charge is 2.12. The number of carbonyl (C=O) groups excluding carboxylic acids is 1. The summed E-state index contributed by atoms with van der Waals surface area (Å²) in [7, 11) is 4.70. The van der Waals surface area contributed by atoms with E-state index >= 15 is 0 Å². The molecule has 0 spiro atoms. The highest BCUT2D eigenvalue weighted by atomic mass is 16.5. The van der Waals surface area contributed by atoms with Gasteiger partial charge < -0.3 is 24.4 Å². The number of benzene rings is 1. The quantitative estimate of drug-likeness (QED) is 0.731. The molecule has 1 amide bonds. The lowest BCUT2D eigenvalue weighted by molar-refractivity contribution is -0.116. The summed E-state index contributed by atoms with van der Waals surface area (Å²) in [5.41, 5.74) is 0.806. The molecule has 0 atom stereocenters. The summed E-state index contributed by atoms with van der Waals surface area (Å²) in [5, 5.41) is 2.93. The predicted octanol–water partition coefficient (Wildman–Crippen LogP) is 2.33. The number of carbonyl (C=O) groups is 1. The van der Waals surface area contributed by atoms with E-state index in [9.17, 15) is 4.79 Å². The van der Waals surface area contributed by atoms with Gasteiger partial charge in [0, 0.05) is 19.2 Å². The number of nitrogens with zero attached hydrogens (tertiary/aromatic N) is 1. The highest BCUT2D eigenvalue weighted by molar-refractivity contribution is 5.91. The van der Waals surface area contributed by atoms with Gasteiger partial charge in [0.1, 0.15) is 0 Å². The van der Waals surface area contributed by atoms with Gasteiger partial charge in [-0.05, 0) is 49.7 Å². The summed E-state index contributed by atoms with van der Waals surface area (Å²) in [4.78, 5) is 14.4. The van der Waals surface area contributed by atoms with E-state index in [0.717, 1.165) is 25.2 Å². The Kier molecular flexibility index (Phi) is 7.60. The SMILES string of the molecule is COc1cc(/C=C/C(=O)NCCN2CCCCC2)cc(OC)c1OC. The normalized spacial score (nSPS) is 15.2. The number of amides is 1. The molecule has 0 unspecified atom stereocenters. The molecule has 2 rings (SSSR count). The largest absolute Gasteiger partial charge is 0.493 e. The van der Waals surface area contributed by atoms with E-state index in [1.807, 2.05) is 0 Å². The third kappa shape index (κ3) is 5.67. The third-order valence-electron chi connectivity index (χ3n) is 4.29. The van der Waals surface area contributed by atoms with Crippen LogP contribution in [0.25, 0.3) is 6.08 Å². The first-order valence-corrected chi connectivity index (χ1v) is 8.66. The fourth-order valence-corrected chi connectivity index (χ4v) is 2.95. The summed E-state index contributed by atoms with van der Waals surface area (Å²) in [6.07, 6.45) is 7.10. The first-order chi connectivity index (χ1) is 12.2. The summed E-state index contributed by atoms with van der Waals surface area (Å²) in [6.45, 7) is 3.84. The van der Waals surface area contributed by atoms with Gasteiger partial charge in [0.15, 0.2) is 11.5 Å². The van der Waals surface area contributed by atoms with E-state index in [1.165, 1.54) is 25.3 Å². The second kappa shape index (κ2) is 9.93. The lowest BCUT2D eigenvalue weighted by Gasteiger charge is -2.26. The van der Waals surface area contributed by atoms with Gasteiger partial charge in [-0.1, -0.05) is 6.42 Å². The van der Waals surface area contributed by atoms with Crippen molar-refractivity contribution in [2.24, 2.45) is 0 Å². The summed E-state index contributed by atoms with van der Waals surface area (Å²) >= 11 is 0. The van der Waals surface area contributed by atoms with Crippen LogP contribution in [0.3, 0.4) is 0 Å². The van der Waals surface area contributed by atoms with Gasteiger partial charge in [-0.15, -0.1) is 0 Å². The molecule has 0 radical (unpaired) electrons. The van der Waals surface area contributed by atoms with Gasteiger partial charge in [0.2, 0.25) is 11.7 Å². The van der Waals surface area contributed by atoms with Crippen LogP contribution in [0.2, 0.25) is 0 Å². The van der Waals surface area contributed by atoms with Crippen LogP contribution >= 0.6 is 0 Å². The van der Waals surface area contributed by atoms with Crippen LogP contribution < -0.4 is 19.5 Å². The topological polar surface area (TPSA) is 60.0 Å². The summed E-state index contributed by atoms with van der Waals surface area (Å²) in [6, 6.07) is 3.61. The van der Waals surface area contributed by atoms with Crippen molar-refractivity contribution in [1.29, 1.82) is 0 Å². The number of piperidine rings is 1. The van der Waals surface area contributed by atoms with Crippen molar-refractivity contribution in [2.75, 3.05) is 47.5 Å². The van der Waals surface area contributed by atoms with E-state index in [-0.39, 0.29) is 5.91 Å². The fraction of sp³-hybridized carbons (Fsp3) is 0.526. The molecule has 1 aromatic rings. The zero-order valence-electron chi connectivity index (χ0n) is 15.3. The Balaban J connectivity index is 1.90. The van der Waals surface area contributed by atoms with Crippen LogP contribution in [0.4, 0.5) is 0 Å². The number of ether oxygens (including phenoxy) is 3. The van der Waals surface area contributed by atoms with Gasteiger partial charge in [0.25, 0.3) is 0 Å². The van der Waals surface area contributed by atoms with Crippen LogP contribution in [-0.2, 0) is 4.79 Å². The van der Waals surface area contributed by atoms with Crippen LogP contribution in [0, 0.1) is 0 Å². The van der Waals surface area contributed by atoms with Crippen molar-refractivity contribution >= 4 is 12.0 Å². The highest BCUT2D eigenvalue weighted by Crippen LogP contribution is 2.38. The molecule has 1 heterocycles. The van der Waals surface area contributed by atoms with Crippen LogP contribution in [0.1, 0.15) is 24.8 Å². The van der Waals surface area contributed by atoms with Gasteiger partial charge in [-0.2, -0.15) is 0 Å². The van der Waals surface area contributed by atoms with Gasteiger partial charge in [0.05, 0.1) is 21.3 Å². The Morgan fingerprint density at radius 3 is 2.28 bits per heavy atom. The molecule has 1 saturated heterocycles. The van der Waals surface area contributed by atoms with Crippen molar-refractivity contribution in [3.63, 3.8) is 0 Å². The molecule has 138 valence electrons. The maximum absolute atomic E-state index is 12.0. The lowest BCUT2D eigenvalue weighted by Crippen LogP contribution is -2.37. The zero-order chi connectivity index (χ0) is 18.1. The van der Waals surface area contributed by atoms with E-state index < -0.39 is 0 Å². The molecule has 1 N–H and O–H groups in total. The predicted molar refractivity (Wildman–Crippen MR) is 98.4 cm³/mol. The average Bonchev–Trinajstić information content (AvgIpc) is 2.66. The lowest BCUT2D eigenvalue weighted by atomic mass is 10.1. The second-order valence-corrected chi connectivity index (χ2v) is 5.99. The van der Waals surface area contributed by atoms with E-state index in [1.54, 1.807) is 39.5 Å². The number of hydrogen-bond donors (Lipinski definition) is 1. The molecule has 1 aliphatic heterocycles. The fourth-order valence-electron chi connectivity index (χ4n) is 2.95. The monoisotopic (exact) mass is 348 g/mol. The molecule has 6 heteroatoms. The molecule has 0 bridgehead atoms. The smallest absolute Gasteiger partial charge is 0.244 e. The standard InChI is InChI=1S/C19H28N2O4/c1-23-16-13-15(14-17(24-2)19(16)25-3)7-8-18(22)20-9-12-21-10-5-4-6-11-21/h7-8,13-14H,4-6,9-12H2,1-3H3,(H,20,22)/b8-7+. The molecule has 1 fully saturated rings. The van der Waals surface area contributed by atoms with Crippen molar-refractivity contribution in [1.82, 2.24) is 10.2 Å². The first kappa shape index (κ1) is 19.1. The molecule has 0 aliphatic carbocycles. The molecular formula is C19H28N2O4. The summed E-state index contributed by atoms with van der Waals surface area (Å²) < 4.78 is 15.9. The number of rotatable bonds is 8. The average molecular weight is 348 g/mol. The Morgan fingerprint density at radius 1 is 1.08 bits per heavy atom. The molecule has 0 aromatic heterocycles. The maximum atomic E-state index is 12.0. The molecule has 25 heavy (non-hydrogen) atoms. The zero-order valence-corrected chi connectivity index (χ0v) is 15.3. The van der Waals surface area contributed by atoms with E-state index in [0.29, 0.717) is 23.8 Å². The van der Waals surface area contributed by atoms with Gasteiger partial charge in [-0.25, -0.2) is 0 Å². The minimum Gasteiger partial charge on any atom is -0.493 e. The van der Waals surface area contributed by atoms with Gasteiger partial charge in [-0.3, -0.25) is 4.79 Å². The molecule has 1 aliphatic rings. The minimum atomic E-state index is -0.106. The minimum absolute atomic E-state index is 0.106. The number of nitrogens with one attached hydrogen (secondary N) is 1. The van der Waals surface area contributed by atoms with Crippen molar-refractivity contribution in [2.45, 2.75) is 19.3 Å². The number of methoxy groups -OCH3 is 3. The first-order valence-electron chi connectivity index (χ1n) is 8.66. The van der Waals surface area contributed by atoms with Crippen molar-refractivity contribution in [3.05, 3.63) is 23.8 Å².